The number of rotatable bonds is 6. The summed E-state index contributed by atoms with van der Waals surface area (Å²) in [6, 6.07) is 5.87. The van der Waals surface area contributed by atoms with Gasteiger partial charge >= 0.3 is 0 Å². The molecular weight excluding hydrogens is 238 g/mol. The first-order valence-electron chi connectivity index (χ1n) is 6.66. The minimum absolute atomic E-state index is 0.104. The molecule has 0 aliphatic rings. The van der Waals surface area contributed by atoms with E-state index in [1.165, 1.54) is 0 Å². The standard InChI is InChI=1S/C15H21N3O/c1-4-8-18-14-7-6-12(19-9-5-2)10-13(14)17-15(18)11(3)16/h4,6-7,10-11H,1,5,8-9,16H2,2-3H3. The Morgan fingerprint density at radius 3 is 2.95 bits per heavy atom. The molecule has 0 saturated heterocycles. The maximum atomic E-state index is 5.98. The van der Waals surface area contributed by atoms with Crippen LogP contribution in [0.3, 0.4) is 0 Å². The van der Waals surface area contributed by atoms with Crippen LogP contribution in [0.25, 0.3) is 11.0 Å². The third kappa shape index (κ3) is 2.79. The summed E-state index contributed by atoms with van der Waals surface area (Å²) in [5.41, 5.74) is 7.96. The molecule has 2 rings (SSSR count). The molecule has 0 aliphatic carbocycles. The van der Waals surface area contributed by atoms with E-state index in [4.69, 9.17) is 10.5 Å². The zero-order valence-electron chi connectivity index (χ0n) is 11.6. The summed E-state index contributed by atoms with van der Waals surface area (Å²) in [6.07, 6.45) is 2.85. The van der Waals surface area contributed by atoms with Crippen molar-refractivity contribution in [2.24, 2.45) is 5.73 Å². The fourth-order valence-corrected chi connectivity index (χ4v) is 2.11. The number of hydrogen-bond acceptors (Lipinski definition) is 3. The molecule has 1 aromatic carbocycles. The molecule has 1 atom stereocenters. The van der Waals surface area contributed by atoms with Crippen LogP contribution >= 0.6 is 0 Å². The van der Waals surface area contributed by atoms with Crippen LogP contribution in [-0.4, -0.2) is 16.2 Å². The average Bonchev–Trinajstić information content (AvgIpc) is 2.75. The second-order valence-corrected chi connectivity index (χ2v) is 4.66. The van der Waals surface area contributed by atoms with Crippen molar-refractivity contribution in [3.05, 3.63) is 36.7 Å². The summed E-state index contributed by atoms with van der Waals surface area (Å²) in [6.45, 7) is 9.25. The van der Waals surface area contributed by atoms with Gasteiger partial charge in [-0.3, -0.25) is 0 Å². The van der Waals surface area contributed by atoms with Gasteiger partial charge in [0, 0.05) is 12.6 Å². The summed E-state index contributed by atoms with van der Waals surface area (Å²) in [7, 11) is 0. The number of fused-ring (bicyclic) bond motifs is 1. The zero-order chi connectivity index (χ0) is 13.8. The summed E-state index contributed by atoms with van der Waals surface area (Å²) in [5, 5.41) is 0. The number of hydrogen-bond donors (Lipinski definition) is 1. The summed E-state index contributed by atoms with van der Waals surface area (Å²) in [4.78, 5) is 4.61. The molecule has 1 heterocycles. The maximum Gasteiger partial charge on any atom is 0.126 e. The molecular formula is C15H21N3O. The molecule has 0 saturated carbocycles. The highest BCUT2D eigenvalue weighted by Gasteiger charge is 2.13. The van der Waals surface area contributed by atoms with Crippen LogP contribution in [0.15, 0.2) is 30.9 Å². The summed E-state index contributed by atoms with van der Waals surface area (Å²) < 4.78 is 7.73. The zero-order valence-corrected chi connectivity index (χ0v) is 11.6. The predicted molar refractivity (Wildman–Crippen MR) is 78.3 cm³/mol. The van der Waals surface area contributed by atoms with Crippen molar-refractivity contribution in [2.75, 3.05) is 6.61 Å². The van der Waals surface area contributed by atoms with Gasteiger partial charge in [-0.25, -0.2) is 4.98 Å². The maximum absolute atomic E-state index is 5.98. The predicted octanol–water partition coefficient (Wildman–Crippen LogP) is 3.03. The number of nitrogens with two attached hydrogens (primary N) is 1. The van der Waals surface area contributed by atoms with Crippen LogP contribution in [-0.2, 0) is 6.54 Å². The minimum atomic E-state index is -0.104. The Bertz CT molecular complexity index is 572. The fourth-order valence-electron chi connectivity index (χ4n) is 2.11. The minimum Gasteiger partial charge on any atom is -0.494 e. The molecule has 4 heteroatoms. The van der Waals surface area contributed by atoms with Crippen LogP contribution in [0.1, 0.15) is 32.1 Å². The van der Waals surface area contributed by atoms with Crippen molar-refractivity contribution in [2.45, 2.75) is 32.9 Å². The topological polar surface area (TPSA) is 53.1 Å². The molecule has 4 nitrogen and oxygen atoms in total. The van der Waals surface area contributed by atoms with Crippen LogP contribution in [0.4, 0.5) is 0 Å². The van der Waals surface area contributed by atoms with Gasteiger partial charge in [0.05, 0.1) is 23.7 Å². The highest BCUT2D eigenvalue weighted by Crippen LogP contribution is 2.24. The third-order valence-corrected chi connectivity index (χ3v) is 2.94. The highest BCUT2D eigenvalue weighted by atomic mass is 16.5. The van der Waals surface area contributed by atoms with Crippen molar-refractivity contribution < 1.29 is 4.74 Å². The Hall–Kier alpha value is -1.81. The van der Waals surface area contributed by atoms with Gasteiger partial charge in [0.25, 0.3) is 0 Å². The van der Waals surface area contributed by atoms with Gasteiger partial charge in [-0.1, -0.05) is 13.0 Å². The smallest absolute Gasteiger partial charge is 0.126 e. The fraction of sp³-hybridized carbons (Fsp3) is 0.400. The largest absolute Gasteiger partial charge is 0.494 e. The Labute approximate surface area is 113 Å². The van der Waals surface area contributed by atoms with Crippen molar-refractivity contribution in [3.63, 3.8) is 0 Å². The van der Waals surface area contributed by atoms with Crippen molar-refractivity contribution in [1.82, 2.24) is 9.55 Å². The molecule has 1 unspecified atom stereocenters. The monoisotopic (exact) mass is 259 g/mol. The van der Waals surface area contributed by atoms with E-state index in [1.807, 2.05) is 31.2 Å². The number of aromatic nitrogens is 2. The first kappa shape index (κ1) is 13.6. The Morgan fingerprint density at radius 2 is 2.32 bits per heavy atom. The van der Waals surface area contributed by atoms with Gasteiger partial charge in [0.1, 0.15) is 11.6 Å². The Balaban J connectivity index is 2.46. The van der Waals surface area contributed by atoms with E-state index in [9.17, 15) is 0 Å². The van der Waals surface area contributed by atoms with E-state index < -0.39 is 0 Å². The van der Waals surface area contributed by atoms with Gasteiger partial charge in [0.2, 0.25) is 0 Å². The first-order valence-corrected chi connectivity index (χ1v) is 6.66. The van der Waals surface area contributed by atoms with Gasteiger partial charge in [-0.2, -0.15) is 0 Å². The van der Waals surface area contributed by atoms with Crippen molar-refractivity contribution >= 4 is 11.0 Å². The summed E-state index contributed by atoms with van der Waals surface area (Å²) in [5.74, 6) is 1.73. The molecule has 0 fully saturated rings. The van der Waals surface area contributed by atoms with Crippen LogP contribution < -0.4 is 10.5 Å². The lowest BCUT2D eigenvalue weighted by atomic mass is 10.3. The molecule has 2 N–H and O–H groups in total. The molecule has 0 bridgehead atoms. The second kappa shape index (κ2) is 5.89. The number of allylic oxidation sites excluding steroid dienone is 1. The molecule has 0 radical (unpaired) electrons. The van der Waals surface area contributed by atoms with Crippen molar-refractivity contribution in [3.8, 4) is 5.75 Å². The number of nitrogens with zero attached hydrogens (tertiary/aromatic N) is 2. The molecule has 1 aromatic heterocycles. The lowest BCUT2D eigenvalue weighted by Crippen LogP contribution is -2.13. The molecule has 102 valence electrons. The van der Waals surface area contributed by atoms with E-state index in [-0.39, 0.29) is 6.04 Å². The van der Waals surface area contributed by atoms with Gasteiger partial charge in [-0.15, -0.1) is 6.58 Å². The Morgan fingerprint density at radius 1 is 1.53 bits per heavy atom. The van der Waals surface area contributed by atoms with Gasteiger partial charge in [0.15, 0.2) is 0 Å². The van der Waals surface area contributed by atoms with Crippen molar-refractivity contribution in [1.29, 1.82) is 0 Å². The molecule has 0 amide bonds. The van der Waals surface area contributed by atoms with Gasteiger partial charge in [-0.05, 0) is 25.5 Å². The molecule has 0 aliphatic heterocycles. The Kier molecular flexibility index (Phi) is 4.22. The quantitative estimate of drug-likeness (QED) is 0.811. The van der Waals surface area contributed by atoms with E-state index in [2.05, 4.69) is 23.1 Å². The second-order valence-electron chi connectivity index (χ2n) is 4.66. The molecule has 2 aromatic rings. The first-order chi connectivity index (χ1) is 9.17. The summed E-state index contributed by atoms with van der Waals surface area (Å²) >= 11 is 0. The van der Waals surface area contributed by atoms with Crippen LogP contribution in [0.2, 0.25) is 0 Å². The van der Waals surface area contributed by atoms with E-state index in [0.717, 1.165) is 35.6 Å². The van der Waals surface area contributed by atoms with E-state index >= 15 is 0 Å². The number of ether oxygens (including phenoxy) is 1. The number of benzene rings is 1. The highest BCUT2D eigenvalue weighted by molar-refractivity contribution is 5.78. The van der Waals surface area contributed by atoms with Gasteiger partial charge < -0.3 is 15.0 Å². The van der Waals surface area contributed by atoms with Crippen LogP contribution in [0, 0.1) is 0 Å². The average molecular weight is 259 g/mol. The lowest BCUT2D eigenvalue weighted by molar-refractivity contribution is 0.318. The normalized spacial score (nSPS) is 12.6. The van der Waals surface area contributed by atoms with E-state index in [1.54, 1.807) is 0 Å². The lowest BCUT2D eigenvalue weighted by Gasteiger charge is -2.09. The molecule has 19 heavy (non-hydrogen) atoms. The van der Waals surface area contributed by atoms with E-state index in [0.29, 0.717) is 6.54 Å². The third-order valence-electron chi connectivity index (χ3n) is 2.94. The molecule has 0 spiro atoms. The van der Waals surface area contributed by atoms with Crippen LogP contribution in [0.5, 0.6) is 5.75 Å². The SMILES string of the molecule is C=CCn1c(C(C)N)nc2cc(OCCC)ccc21. The number of imidazole rings is 1.